The van der Waals surface area contributed by atoms with Gasteiger partial charge in [0.05, 0.1) is 0 Å². The van der Waals surface area contributed by atoms with Crippen LogP contribution in [0.4, 0.5) is 0 Å². The second-order valence-corrected chi connectivity index (χ2v) is 6.72. The minimum absolute atomic E-state index is 0.895. The standard InChI is InChI=1S/C21H26O/c1-17-7-9-18(10-8-17)11-12-19-13-15-21(16-14-19)22-20-5-3-2-4-6-20/h2-6,13-18H,7-12H2,1H3. The third-order valence-corrected chi connectivity index (χ3v) is 4.88. The Balaban J connectivity index is 1.49. The Labute approximate surface area is 134 Å². The molecule has 0 aliphatic heterocycles. The molecule has 1 heteroatoms. The van der Waals surface area contributed by atoms with Crippen LogP contribution in [0.5, 0.6) is 11.5 Å². The van der Waals surface area contributed by atoms with Crippen molar-refractivity contribution in [2.45, 2.75) is 45.4 Å². The van der Waals surface area contributed by atoms with E-state index in [1.165, 1.54) is 44.1 Å². The highest BCUT2D eigenvalue weighted by molar-refractivity contribution is 5.32. The van der Waals surface area contributed by atoms with Gasteiger partial charge in [0, 0.05) is 0 Å². The van der Waals surface area contributed by atoms with Crippen LogP contribution in [-0.2, 0) is 6.42 Å². The van der Waals surface area contributed by atoms with Crippen LogP contribution in [0, 0.1) is 11.8 Å². The van der Waals surface area contributed by atoms with Gasteiger partial charge < -0.3 is 4.74 Å². The molecular weight excluding hydrogens is 268 g/mol. The number of hydrogen-bond acceptors (Lipinski definition) is 1. The molecule has 0 atom stereocenters. The van der Waals surface area contributed by atoms with Crippen LogP contribution in [-0.4, -0.2) is 0 Å². The van der Waals surface area contributed by atoms with E-state index in [1.54, 1.807) is 0 Å². The number of hydrogen-bond donors (Lipinski definition) is 0. The van der Waals surface area contributed by atoms with Crippen LogP contribution < -0.4 is 4.74 Å². The van der Waals surface area contributed by atoms with Crippen LogP contribution in [0.25, 0.3) is 0 Å². The first kappa shape index (κ1) is 15.1. The van der Waals surface area contributed by atoms with Crippen molar-refractivity contribution < 1.29 is 4.74 Å². The summed E-state index contributed by atoms with van der Waals surface area (Å²) in [5, 5.41) is 0. The minimum Gasteiger partial charge on any atom is -0.457 e. The Hall–Kier alpha value is -1.76. The normalized spacial score (nSPS) is 21.5. The first-order chi connectivity index (χ1) is 10.8. The molecule has 1 nitrogen and oxygen atoms in total. The second-order valence-electron chi connectivity index (χ2n) is 6.72. The van der Waals surface area contributed by atoms with Gasteiger partial charge in [-0.3, -0.25) is 0 Å². The van der Waals surface area contributed by atoms with E-state index in [0.29, 0.717) is 0 Å². The van der Waals surface area contributed by atoms with Crippen LogP contribution in [0.3, 0.4) is 0 Å². The molecule has 0 unspecified atom stereocenters. The molecule has 2 aromatic carbocycles. The molecule has 3 rings (SSSR count). The first-order valence-corrected chi connectivity index (χ1v) is 8.61. The Morgan fingerprint density at radius 2 is 1.45 bits per heavy atom. The lowest BCUT2D eigenvalue weighted by Gasteiger charge is -2.26. The molecule has 116 valence electrons. The van der Waals surface area contributed by atoms with Crippen molar-refractivity contribution >= 4 is 0 Å². The summed E-state index contributed by atoms with van der Waals surface area (Å²) < 4.78 is 5.84. The topological polar surface area (TPSA) is 9.23 Å². The molecule has 0 bridgehead atoms. The largest absolute Gasteiger partial charge is 0.457 e. The molecule has 0 amide bonds. The van der Waals surface area contributed by atoms with Gasteiger partial charge in [-0.25, -0.2) is 0 Å². The minimum atomic E-state index is 0.895. The van der Waals surface area contributed by atoms with Crippen molar-refractivity contribution in [3.8, 4) is 11.5 Å². The highest BCUT2D eigenvalue weighted by Gasteiger charge is 2.17. The van der Waals surface area contributed by atoms with Crippen molar-refractivity contribution in [1.29, 1.82) is 0 Å². The van der Waals surface area contributed by atoms with Crippen molar-refractivity contribution in [3.63, 3.8) is 0 Å². The fraction of sp³-hybridized carbons (Fsp3) is 0.429. The van der Waals surface area contributed by atoms with Crippen LogP contribution >= 0.6 is 0 Å². The average Bonchev–Trinajstić information content (AvgIpc) is 2.57. The quantitative estimate of drug-likeness (QED) is 0.634. The van der Waals surface area contributed by atoms with Gasteiger partial charge in [0.25, 0.3) is 0 Å². The number of ether oxygens (including phenoxy) is 1. The lowest BCUT2D eigenvalue weighted by atomic mass is 9.80. The summed E-state index contributed by atoms with van der Waals surface area (Å²) in [6, 6.07) is 18.6. The van der Waals surface area contributed by atoms with Gasteiger partial charge in [0.1, 0.15) is 11.5 Å². The number of benzene rings is 2. The Kier molecular flexibility index (Phi) is 5.15. The van der Waals surface area contributed by atoms with E-state index in [2.05, 4.69) is 31.2 Å². The van der Waals surface area contributed by atoms with E-state index >= 15 is 0 Å². The van der Waals surface area contributed by atoms with E-state index in [1.807, 2.05) is 30.3 Å². The lowest BCUT2D eigenvalue weighted by Crippen LogP contribution is -2.12. The summed E-state index contributed by atoms with van der Waals surface area (Å²) in [7, 11) is 0. The summed E-state index contributed by atoms with van der Waals surface area (Å²) in [6.45, 7) is 2.39. The Bertz CT molecular complexity index is 550. The molecule has 2 aromatic rings. The van der Waals surface area contributed by atoms with Gasteiger partial charge >= 0.3 is 0 Å². The molecule has 0 N–H and O–H groups in total. The third-order valence-electron chi connectivity index (χ3n) is 4.88. The molecule has 0 saturated heterocycles. The monoisotopic (exact) mass is 294 g/mol. The van der Waals surface area contributed by atoms with Crippen molar-refractivity contribution in [2.24, 2.45) is 11.8 Å². The van der Waals surface area contributed by atoms with Crippen LogP contribution in [0.1, 0.15) is 44.6 Å². The summed E-state index contributed by atoms with van der Waals surface area (Å²) in [5.41, 5.74) is 1.43. The molecular formula is C21H26O. The van der Waals surface area contributed by atoms with Crippen LogP contribution in [0.2, 0.25) is 0 Å². The molecule has 0 aromatic heterocycles. The number of para-hydroxylation sites is 1. The molecule has 1 aliphatic carbocycles. The zero-order valence-electron chi connectivity index (χ0n) is 13.5. The molecule has 0 spiro atoms. The highest BCUT2D eigenvalue weighted by atomic mass is 16.5. The summed E-state index contributed by atoms with van der Waals surface area (Å²) >= 11 is 0. The summed E-state index contributed by atoms with van der Waals surface area (Å²) in [6.07, 6.45) is 8.24. The molecule has 0 radical (unpaired) electrons. The van der Waals surface area contributed by atoms with Crippen molar-refractivity contribution in [3.05, 3.63) is 60.2 Å². The van der Waals surface area contributed by atoms with Gasteiger partial charge in [-0.15, -0.1) is 0 Å². The van der Waals surface area contributed by atoms with Gasteiger partial charge in [-0.2, -0.15) is 0 Å². The maximum atomic E-state index is 5.84. The van der Waals surface area contributed by atoms with Crippen molar-refractivity contribution in [2.75, 3.05) is 0 Å². The fourth-order valence-corrected chi connectivity index (χ4v) is 3.34. The highest BCUT2D eigenvalue weighted by Crippen LogP contribution is 2.31. The van der Waals surface area contributed by atoms with E-state index in [0.717, 1.165) is 23.3 Å². The number of aryl methyl sites for hydroxylation is 1. The SMILES string of the molecule is CC1CCC(CCc2ccc(Oc3ccccc3)cc2)CC1. The summed E-state index contributed by atoms with van der Waals surface area (Å²) in [4.78, 5) is 0. The van der Waals surface area contributed by atoms with E-state index in [9.17, 15) is 0 Å². The molecule has 1 saturated carbocycles. The second kappa shape index (κ2) is 7.49. The zero-order valence-corrected chi connectivity index (χ0v) is 13.5. The Morgan fingerprint density at radius 1 is 0.818 bits per heavy atom. The van der Waals surface area contributed by atoms with Gasteiger partial charge in [0.15, 0.2) is 0 Å². The predicted octanol–water partition coefficient (Wildman–Crippen LogP) is 6.24. The average molecular weight is 294 g/mol. The molecule has 1 fully saturated rings. The van der Waals surface area contributed by atoms with Crippen molar-refractivity contribution in [1.82, 2.24) is 0 Å². The number of rotatable bonds is 5. The maximum absolute atomic E-state index is 5.84. The van der Waals surface area contributed by atoms with Gasteiger partial charge in [-0.05, 0) is 54.5 Å². The molecule has 0 heterocycles. The van der Waals surface area contributed by atoms with Gasteiger partial charge in [0.2, 0.25) is 0 Å². The van der Waals surface area contributed by atoms with Crippen LogP contribution in [0.15, 0.2) is 54.6 Å². The third kappa shape index (κ3) is 4.37. The predicted molar refractivity (Wildman–Crippen MR) is 92.4 cm³/mol. The first-order valence-electron chi connectivity index (χ1n) is 8.61. The maximum Gasteiger partial charge on any atom is 0.127 e. The molecule has 22 heavy (non-hydrogen) atoms. The summed E-state index contributed by atoms with van der Waals surface area (Å²) in [5.74, 6) is 3.70. The smallest absolute Gasteiger partial charge is 0.127 e. The fourth-order valence-electron chi connectivity index (χ4n) is 3.34. The van der Waals surface area contributed by atoms with E-state index in [4.69, 9.17) is 4.74 Å². The van der Waals surface area contributed by atoms with Gasteiger partial charge in [-0.1, -0.05) is 62.9 Å². The Morgan fingerprint density at radius 3 is 2.14 bits per heavy atom. The lowest BCUT2D eigenvalue weighted by molar-refractivity contribution is 0.278. The zero-order chi connectivity index (χ0) is 15.2. The van der Waals surface area contributed by atoms with E-state index in [-0.39, 0.29) is 0 Å². The molecule has 1 aliphatic rings. The van der Waals surface area contributed by atoms with E-state index < -0.39 is 0 Å².